The van der Waals surface area contributed by atoms with Gasteiger partial charge in [-0.25, -0.2) is 0 Å². The van der Waals surface area contributed by atoms with E-state index in [0.717, 1.165) is 5.57 Å². The number of hydrogen-bond donors (Lipinski definition) is 2. The van der Waals surface area contributed by atoms with Gasteiger partial charge in [-0.05, 0) is 39.0 Å². The number of allylic oxidation sites excluding steroid dienone is 2. The lowest BCUT2D eigenvalue weighted by atomic mass is 10.1. The molecule has 0 unspecified atom stereocenters. The van der Waals surface area contributed by atoms with Crippen molar-refractivity contribution in [1.29, 1.82) is 0 Å². The van der Waals surface area contributed by atoms with Crippen molar-refractivity contribution in [2.24, 2.45) is 17.3 Å². The molecular formula is C14H23N2O2+. The van der Waals surface area contributed by atoms with Gasteiger partial charge in [0, 0.05) is 5.54 Å². The molecule has 0 saturated heterocycles. The molecule has 2 N–H and O–H groups in total. The Morgan fingerprint density at radius 1 is 1.44 bits per heavy atom. The average molecular weight is 251 g/mol. The zero-order valence-electron chi connectivity index (χ0n) is 12.0. The van der Waals surface area contributed by atoms with Crippen molar-refractivity contribution in [1.82, 2.24) is 5.48 Å². The minimum absolute atomic E-state index is 0.102. The summed E-state index contributed by atoms with van der Waals surface area (Å²) in [5.41, 5.74) is 3.15. The maximum absolute atomic E-state index is 12.0. The molecule has 4 heteroatoms. The molecule has 0 radical (unpaired) electrons. The fraction of sp³-hybridized carbons (Fsp3) is 0.714. The number of carbonyl (C=O) groups excluding carboxylic acids is 1. The standard InChI is InChI=1S/C14H22N2O2/c1-9(8-15)7-10-11(14(10,5)6)12(17)18-16-13(2,3)4/h7,10-11,16H,1-6H3/p+1/b9-7+/t10-,11+/m1/s1. The van der Waals surface area contributed by atoms with Crippen LogP contribution in [0.25, 0.3) is 0 Å². The van der Waals surface area contributed by atoms with Crippen molar-refractivity contribution in [3.63, 3.8) is 0 Å². The Morgan fingerprint density at radius 2 is 2.00 bits per heavy atom. The lowest BCUT2D eigenvalue weighted by Crippen LogP contribution is -2.38. The van der Waals surface area contributed by atoms with Gasteiger partial charge in [-0.1, -0.05) is 25.2 Å². The van der Waals surface area contributed by atoms with Crippen LogP contribution in [0.1, 0.15) is 41.5 Å². The molecule has 18 heavy (non-hydrogen) atoms. The van der Waals surface area contributed by atoms with Gasteiger partial charge in [0.05, 0.1) is 11.5 Å². The predicted molar refractivity (Wildman–Crippen MR) is 68.3 cm³/mol. The minimum atomic E-state index is -0.251. The van der Waals surface area contributed by atoms with Crippen molar-refractivity contribution in [2.75, 3.05) is 0 Å². The summed E-state index contributed by atoms with van der Waals surface area (Å²) in [6.07, 6.45) is 1.93. The SMILES string of the molecule is C/C(C#[NH+])=C\[C@@H]1[C@@H](C(=O)ONC(C)(C)C)C1(C)C. The normalized spacial score (nSPS) is 26.4. The van der Waals surface area contributed by atoms with Crippen LogP contribution in [0.15, 0.2) is 11.6 Å². The molecule has 1 saturated carbocycles. The number of nitrogens with one attached hydrogen (secondary N) is 2. The fourth-order valence-electron chi connectivity index (χ4n) is 2.02. The quantitative estimate of drug-likeness (QED) is 0.577. The molecule has 0 amide bonds. The van der Waals surface area contributed by atoms with Gasteiger partial charge in [0.15, 0.2) is 0 Å². The van der Waals surface area contributed by atoms with Crippen LogP contribution < -0.4 is 10.7 Å². The molecule has 1 rings (SSSR count). The first-order chi connectivity index (χ1) is 8.09. The third-order valence-corrected chi connectivity index (χ3v) is 3.25. The smallest absolute Gasteiger partial charge is 0.328 e. The largest absolute Gasteiger partial charge is 0.370 e. The fourth-order valence-corrected chi connectivity index (χ4v) is 2.02. The summed E-state index contributed by atoms with van der Waals surface area (Å²) in [5.74, 6) is -0.241. The molecule has 0 aromatic rings. The van der Waals surface area contributed by atoms with Crippen LogP contribution in [0.2, 0.25) is 0 Å². The Bertz CT molecular complexity index is 410. The summed E-state index contributed by atoms with van der Waals surface area (Å²) in [5, 5.41) is 7.05. The maximum atomic E-state index is 12.0. The second-order valence-electron chi connectivity index (χ2n) is 6.57. The highest BCUT2D eigenvalue weighted by molar-refractivity contribution is 5.78. The highest BCUT2D eigenvalue weighted by Crippen LogP contribution is 2.59. The van der Waals surface area contributed by atoms with E-state index in [0.29, 0.717) is 0 Å². The number of rotatable bonds is 3. The predicted octanol–water partition coefficient (Wildman–Crippen LogP) is 0.824. The Labute approximate surface area is 109 Å². The van der Waals surface area contributed by atoms with E-state index >= 15 is 0 Å². The van der Waals surface area contributed by atoms with Crippen molar-refractivity contribution in [2.45, 2.75) is 47.1 Å². The monoisotopic (exact) mass is 251 g/mol. The third kappa shape index (κ3) is 3.33. The van der Waals surface area contributed by atoms with E-state index in [1.807, 2.05) is 47.6 Å². The van der Waals surface area contributed by atoms with Crippen LogP contribution in [0.5, 0.6) is 0 Å². The van der Waals surface area contributed by atoms with Crippen LogP contribution in [0.4, 0.5) is 0 Å². The first-order valence-corrected chi connectivity index (χ1v) is 6.18. The van der Waals surface area contributed by atoms with Crippen LogP contribution in [-0.4, -0.2) is 11.5 Å². The Kier molecular flexibility index (Phi) is 3.87. The topological polar surface area (TPSA) is 62.1 Å². The third-order valence-electron chi connectivity index (χ3n) is 3.25. The molecule has 0 spiro atoms. The highest BCUT2D eigenvalue weighted by Gasteiger charge is 2.61. The van der Waals surface area contributed by atoms with Crippen molar-refractivity contribution in [3.05, 3.63) is 11.6 Å². The molecule has 0 heterocycles. The Hall–Kier alpha value is -1.34. The highest BCUT2D eigenvalue weighted by atomic mass is 16.7. The van der Waals surface area contributed by atoms with Gasteiger partial charge < -0.3 is 4.84 Å². The lowest BCUT2D eigenvalue weighted by Gasteiger charge is -2.19. The summed E-state index contributed by atoms with van der Waals surface area (Å²) >= 11 is 0. The first kappa shape index (κ1) is 14.7. The van der Waals surface area contributed by atoms with Gasteiger partial charge in [0.25, 0.3) is 0 Å². The molecule has 0 bridgehead atoms. The lowest BCUT2D eigenvalue weighted by molar-refractivity contribution is -0.157. The molecular weight excluding hydrogens is 228 g/mol. The number of carbonyl (C=O) groups is 1. The van der Waals surface area contributed by atoms with E-state index in [4.69, 9.17) is 10.1 Å². The number of hydrogen-bond acceptors (Lipinski definition) is 3. The van der Waals surface area contributed by atoms with E-state index in [9.17, 15) is 4.79 Å². The second-order valence-corrected chi connectivity index (χ2v) is 6.57. The van der Waals surface area contributed by atoms with Gasteiger partial charge in [0.1, 0.15) is 0 Å². The minimum Gasteiger partial charge on any atom is -0.370 e. The van der Waals surface area contributed by atoms with Crippen LogP contribution >= 0.6 is 0 Å². The van der Waals surface area contributed by atoms with Crippen molar-refractivity contribution < 1.29 is 14.9 Å². The molecule has 0 aromatic carbocycles. The van der Waals surface area contributed by atoms with Crippen LogP contribution in [-0.2, 0) is 9.63 Å². The second kappa shape index (κ2) is 4.74. The molecule has 100 valence electrons. The molecule has 0 aliphatic heterocycles. The van der Waals surface area contributed by atoms with E-state index in [-0.39, 0.29) is 28.8 Å². The van der Waals surface area contributed by atoms with Crippen LogP contribution in [0.3, 0.4) is 0 Å². The zero-order chi connectivity index (χ0) is 14.1. The van der Waals surface area contributed by atoms with E-state index < -0.39 is 0 Å². The van der Waals surface area contributed by atoms with Gasteiger partial charge in [-0.15, -0.1) is 5.48 Å². The summed E-state index contributed by atoms with van der Waals surface area (Å²) in [4.78, 5) is 17.1. The summed E-state index contributed by atoms with van der Waals surface area (Å²) in [6, 6.07) is 2.33. The van der Waals surface area contributed by atoms with Crippen molar-refractivity contribution >= 4 is 5.97 Å². The molecule has 4 nitrogen and oxygen atoms in total. The maximum Gasteiger partial charge on any atom is 0.328 e. The molecule has 2 atom stereocenters. The van der Waals surface area contributed by atoms with Gasteiger partial charge in [-0.3, -0.25) is 4.79 Å². The average Bonchev–Trinajstić information content (AvgIpc) is 2.76. The summed E-state index contributed by atoms with van der Waals surface area (Å²) in [7, 11) is 0. The van der Waals surface area contributed by atoms with Gasteiger partial charge in [0.2, 0.25) is 0 Å². The zero-order valence-corrected chi connectivity index (χ0v) is 12.0. The molecule has 1 fully saturated rings. The Morgan fingerprint density at radius 3 is 2.44 bits per heavy atom. The Balaban J connectivity index is 2.64. The van der Waals surface area contributed by atoms with E-state index in [2.05, 4.69) is 11.5 Å². The van der Waals surface area contributed by atoms with E-state index in [1.54, 1.807) is 0 Å². The molecule has 0 aromatic heterocycles. The van der Waals surface area contributed by atoms with Crippen LogP contribution in [0, 0.1) is 23.3 Å². The van der Waals surface area contributed by atoms with Crippen molar-refractivity contribution in [3.8, 4) is 6.07 Å². The van der Waals surface area contributed by atoms with E-state index in [1.165, 1.54) is 0 Å². The summed E-state index contributed by atoms with van der Waals surface area (Å²) < 4.78 is 0. The van der Waals surface area contributed by atoms with Gasteiger partial charge >= 0.3 is 12.0 Å². The first-order valence-electron chi connectivity index (χ1n) is 6.18. The number of hydroxylamine groups is 1. The molecule has 1 aliphatic carbocycles. The summed E-state index contributed by atoms with van der Waals surface area (Å²) in [6.45, 7) is 11.7. The van der Waals surface area contributed by atoms with Gasteiger partial charge in [-0.2, -0.15) is 0 Å². The molecule has 1 aliphatic rings.